The standard InChI is InChI=1S/C78H151NO5/c1-3-5-7-9-11-13-15-17-19-20-21-22-23-28-31-34-37-40-43-46-50-54-58-62-66-70-76(81)75(74-80)79-77(82)71-67-63-59-55-51-47-44-41-38-35-32-29-26-24-25-27-30-33-36-39-42-45-49-53-57-61-65-69-73-84-78(83)72-68-64-60-56-52-48-18-16-14-12-10-8-6-4-2/h10,12,16,18,75-76,80-81H,3-9,11,13-15,17,19-74H2,1-2H3,(H,79,82)/b12-10-,18-16-. The highest BCUT2D eigenvalue weighted by molar-refractivity contribution is 5.76. The van der Waals surface area contributed by atoms with Gasteiger partial charge in [-0.05, 0) is 51.4 Å². The number of aliphatic hydroxyl groups is 2. The largest absolute Gasteiger partial charge is 0.466 e. The summed E-state index contributed by atoms with van der Waals surface area (Å²) in [4.78, 5) is 24.6. The van der Waals surface area contributed by atoms with Gasteiger partial charge >= 0.3 is 5.97 Å². The molecule has 2 unspecified atom stereocenters. The number of nitrogens with one attached hydrogen (secondary N) is 1. The van der Waals surface area contributed by atoms with E-state index < -0.39 is 12.1 Å². The molecule has 0 saturated carbocycles. The second-order valence-corrected chi connectivity index (χ2v) is 26.7. The van der Waals surface area contributed by atoms with Crippen LogP contribution in [0.4, 0.5) is 0 Å². The smallest absolute Gasteiger partial charge is 0.305 e. The Hall–Kier alpha value is -1.66. The Labute approximate surface area is 526 Å². The average Bonchev–Trinajstić information content (AvgIpc) is 3.51. The van der Waals surface area contributed by atoms with Gasteiger partial charge in [0.1, 0.15) is 0 Å². The molecule has 84 heavy (non-hydrogen) atoms. The van der Waals surface area contributed by atoms with Crippen molar-refractivity contribution in [3.05, 3.63) is 24.3 Å². The number of unbranched alkanes of at least 4 members (excludes halogenated alkanes) is 58. The second kappa shape index (κ2) is 73.8. The number of esters is 1. The summed E-state index contributed by atoms with van der Waals surface area (Å²) in [5.74, 6) is -0.0211. The fourth-order valence-electron chi connectivity index (χ4n) is 12.4. The highest BCUT2D eigenvalue weighted by atomic mass is 16.5. The molecule has 0 heterocycles. The van der Waals surface area contributed by atoms with Crippen LogP contribution in [-0.4, -0.2) is 47.4 Å². The Balaban J connectivity index is 3.35. The van der Waals surface area contributed by atoms with E-state index in [1.54, 1.807) is 0 Å². The summed E-state index contributed by atoms with van der Waals surface area (Å²) < 4.78 is 5.49. The van der Waals surface area contributed by atoms with E-state index in [0.29, 0.717) is 25.9 Å². The molecule has 0 aliphatic heterocycles. The third-order valence-corrected chi connectivity index (χ3v) is 18.3. The van der Waals surface area contributed by atoms with E-state index in [0.717, 1.165) is 51.4 Å². The number of hydrogen-bond donors (Lipinski definition) is 3. The van der Waals surface area contributed by atoms with Gasteiger partial charge in [0.25, 0.3) is 0 Å². The lowest BCUT2D eigenvalue weighted by atomic mass is 10.0. The molecule has 0 aromatic heterocycles. The number of aliphatic hydroxyl groups excluding tert-OH is 2. The van der Waals surface area contributed by atoms with E-state index in [4.69, 9.17) is 4.74 Å². The minimum atomic E-state index is -0.664. The van der Waals surface area contributed by atoms with Crippen molar-refractivity contribution in [2.24, 2.45) is 0 Å². The van der Waals surface area contributed by atoms with Gasteiger partial charge in [0.2, 0.25) is 5.91 Å². The molecule has 6 heteroatoms. The van der Waals surface area contributed by atoms with Crippen molar-refractivity contribution >= 4 is 11.9 Å². The lowest BCUT2D eigenvalue weighted by Gasteiger charge is -2.22. The average molecular weight is 1180 g/mol. The molecule has 0 radical (unpaired) electrons. The normalized spacial score (nSPS) is 12.6. The van der Waals surface area contributed by atoms with Gasteiger partial charge in [0, 0.05) is 12.8 Å². The summed E-state index contributed by atoms with van der Waals surface area (Å²) in [7, 11) is 0. The van der Waals surface area contributed by atoms with Crippen LogP contribution in [0.25, 0.3) is 0 Å². The quantitative estimate of drug-likeness (QED) is 0.0320. The van der Waals surface area contributed by atoms with Crippen LogP contribution in [-0.2, 0) is 14.3 Å². The molecule has 0 bridgehead atoms. The Morgan fingerprint density at radius 1 is 0.333 bits per heavy atom. The molecule has 0 aromatic rings. The van der Waals surface area contributed by atoms with Crippen LogP contribution in [0.5, 0.6) is 0 Å². The van der Waals surface area contributed by atoms with Crippen LogP contribution in [0.2, 0.25) is 0 Å². The summed E-state index contributed by atoms with van der Waals surface area (Å²) in [6.07, 6.45) is 94.0. The summed E-state index contributed by atoms with van der Waals surface area (Å²) in [6, 6.07) is -0.540. The number of ether oxygens (including phenoxy) is 1. The summed E-state index contributed by atoms with van der Waals surface area (Å²) >= 11 is 0. The minimum absolute atomic E-state index is 0.00514. The fourth-order valence-corrected chi connectivity index (χ4v) is 12.4. The third-order valence-electron chi connectivity index (χ3n) is 18.3. The highest BCUT2D eigenvalue weighted by Gasteiger charge is 2.20. The van der Waals surface area contributed by atoms with Gasteiger partial charge in [-0.3, -0.25) is 9.59 Å². The summed E-state index contributed by atoms with van der Waals surface area (Å²) in [6.45, 7) is 4.96. The van der Waals surface area contributed by atoms with Crippen LogP contribution in [0.15, 0.2) is 24.3 Å². The first-order valence-corrected chi connectivity index (χ1v) is 38.6. The maximum absolute atomic E-state index is 12.6. The molecule has 0 aliphatic rings. The zero-order valence-electron chi connectivity index (χ0n) is 57.2. The Morgan fingerprint density at radius 3 is 0.940 bits per heavy atom. The summed E-state index contributed by atoms with van der Waals surface area (Å²) in [5, 5.41) is 23.5. The first kappa shape index (κ1) is 82.3. The molecule has 0 fully saturated rings. The minimum Gasteiger partial charge on any atom is -0.466 e. The van der Waals surface area contributed by atoms with Gasteiger partial charge in [-0.2, -0.15) is 0 Å². The van der Waals surface area contributed by atoms with Crippen molar-refractivity contribution in [3.8, 4) is 0 Å². The molecule has 498 valence electrons. The Kier molecular flexibility index (Phi) is 72.3. The van der Waals surface area contributed by atoms with Crippen LogP contribution < -0.4 is 5.32 Å². The third kappa shape index (κ3) is 69.4. The molecule has 2 atom stereocenters. The molecule has 3 N–H and O–H groups in total. The first-order chi connectivity index (χ1) is 41.5. The predicted molar refractivity (Wildman–Crippen MR) is 370 cm³/mol. The van der Waals surface area contributed by atoms with E-state index in [-0.39, 0.29) is 18.5 Å². The molecule has 0 aliphatic carbocycles. The molecule has 0 spiro atoms. The van der Waals surface area contributed by atoms with E-state index in [1.165, 1.54) is 353 Å². The van der Waals surface area contributed by atoms with Gasteiger partial charge < -0.3 is 20.3 Å². The van der Waals surface area contributed by atoms with Crippen LogP contribution in [0, 0.1) is 0 Å². The van der Waals surface area contributed by atoms with Crippen molar-refractivity contribution < 1.29 is 24.5 Å². The maximum atomic E-state index is 12.6. The topological polar surface area (TPSA) is 95.9 Å². The molecule has 1 amide bonds. The van der Waals surface area contributed by atoms with E-state index >= 15 is 0 Å². The molecule has 0 aromatic carbocycles. The van der Waals surface area contributed by atoms with Crippen molar-refractivity contribution in [2.75, 3.05) is 13.2 Å². The van der Waals surface area contributed by atoms with Crippen LogP contribution in [0.1, 0.15) is 438 Å². The molecular formula is C78H151NO5. The molecule has 0 rings (SSSR count). The fraction of sp³-hybridized carbons (Fsp3) is 0.923. The zero-order valence-corrected chi connectivity index (χ0v) is 57.2. The lowest BCUT2D eigenvalue weighted by molar-refractivity contribution is -0.143. The van der Waals surface area contributed by atoms with Crippen molar-refractivity contribution in [2.45, 2.75) is 450 Å². The van der Waals surface area contributed by atoms with Crippen LogP contribution in [0.3, 0.4) is 0 Å². The van der Waals surface area contributed by atoms with E-state index in [9.17, 15) is 19.8 Å². The van der Waals surface area contributed by atoms with E-state index in [2.05, 4.69) is 43.5 Å². The Morgan fingerprint density at radius 2 is 0.607 bits per heavy atom. The van der Waals surface area contributed by atoms with Gasteiger partial charge in [-0.1, -0.05) is 398 Å². The first-order valence-electron chi connectivity index (χ1n) is 38.6. The number of hydrogen-bond acceptors (Lipinski definition) is 5. The zero-order chi connectivity index (χ0) is 60.6. The SMILES string of the molecule is CCCC/C=C\C/C=C\CCCCCCCC(=O)OCCCCCCCCCCCCCCCCCCCCCCCCCCCCCCC(=O)NC(CO)C(O)CCCCCCCCCCCCCCCCCCCCCCCCCCC. The maximum Gasteiger partial charge on any atom is 0.305 e. The van der Waals surface area contributed by atoms with Gasteiger partial charge in [-0.15, -0.1) is 0 Å². The van der Waals surface area contributed by atoms with Crippen molar-refractivity contribution in [3.63, 3.8) is 0 Å². The molecular weight excluding hydrogens is 1030 g/mol. The number of amides is 1. The van der Waals surface area contributed by atoms with Gasteiger partial charge in [0.05, 0.1) is 25.4 Å². The van der Waals surface area contributed by atoms with Crippen molar-refractivity contribution in [1.29, 1.82) is 0 Å². The monoisotopic (exact) mass is 1180 g/mol. The van der Waals surface area contributed by atoms with E-state index in [1.807, 2.05) is 0 Å². The second-order valence-electron chi connectivity index (χ2n) is 26.7. The van der Waals surface area contributed by atoms with Crippen LogP contribution >= 0.6 is 0 Å². The number of carbonyl (C=O) groups is 2. The lowest BCUT2D eigenvalue weighted by Crippen LogP contribution is -2.45. The highest BCUT2D eigenvalue weighted by Crippen LogP contribution is 2.20. The van der Waals surface area contributed by atoms with Gasteiger partial charge in [-0.25, -0.2) is 0 Å². The molecule has 0 saturated heterocycles. The van der Waals surface area contributed by atoms with Crippen molar-refractivity contribution in [1.82, 2.24) is 5.32 Å². The molecule has 6 nitrogen and oxygen atoms in total. The number of carbonyl (C=O) groups excluding carboxylic acids is 2. The number of rotatable bonds is 73. The van der Waals surface area contributed by atoms with Gasteiger partial charge in [0.15, 0.2) is 0 Å². The Bertz CT molecular complexity index is 1320. The number of allylic oxidation sites excluding steroid dienone is 4. The summed E-state index contributed by atoms with van der Waals surface area (Å²) in [5.41, 5.74) is 0. The predicted octanol–water partition coefficient (Wildman–Crippen LogP) is 25.3.